The lowest BCUT2D eigenvalue weighted by molar-refractivity contribution is 0.627. The van der Waals surface area contributed by atoms with Gasteiger partial charge in [0, 0.05) is 17.3 Å². The topological polar surface area (TPSA) is 48.7 Å². The van der Waals surface area contributed by atoms with E-state index in [0.717, 1.165) is 16.6 Å². The molecule has 0 aliphatic rings. The number of pyridine rings is 1. The van der Waals surface area contributed by atoms with Gasteiger partial charge in [-0.2, -0.15) is 5.26 Å². The standard InChI is InChI=1S/C16H10FN3/c17-12-6-7-14(11(9-12)10-18)20-16-5-1-4-15-13(16)3-2-8-19-15/h1-9,20H. The molecule has 0 aliphatic carbocycles. The molecule has 1 aromatic heterocycles. The first-order chi connectivity index (χ1) is 9.78. The molecule has 0 bridgehead atoms. The van der Waals surface area contributed by atoms with Crippen LogP contribution >= 0.6 is 0 Å². The molecule has 2 aromatic carbocycles. The Hall–Kier alpha value is -2.93. The molecule has 3 aromatic rings. The van der Waals surface area contributed by atoms with Crippen LogP contribution in [0.1, 0.15) is 5.56 Å². The Balaban J connectivity index is 2.08. The van der Waals surface area contributed by atoms with Crippen molar-refractivity contribution in [2.45, 2.75) is 0 Å². The highest BCUT2D eigenvalue weighted by Gasteiger charge is 2.06. The first-order valence-corrected chi connectivity index (χ1v) is 6.08. The quantitative estimate of drug-likeness (QED) is 0.760. The summed E-state index contributed by atoms with van der Waals surface area (Å²) in [5, 5.41) is 13.2. The van der Waals surface area contributed by atoms with Crippen LogP contribution in [-0.4, -0.2) is 4.98 Å². The summed E-state index contributed by atoms with van der Waals surface area (Å²) in [5.74, 6) is -0.424. The van der Waals surface area contributed by atoms with Crippen molar-refractivity contribution in [2.75, 3.05) is 5.32 Å². The zero-order valence-electron chi connectivity index (χ0n) is 10.5. The van der Waals surface area contributed by atoms with Crippen LogP contribution < -0.4 is 5.32 Å². The molecule has 0 amide bonds. The highest BCUT2D eigenvalue weighted by atomic mass is 19.1. The van der Waals surface area contributed by atoms with Gasteiger partial charge in [-0.3, -0.25) is 4.98 Å². The van der Waals surface area contributed by atoms with Gasteiger partial charge in [0.2, 0.25) is 0 Å². The Morgan fingerprint density at radius 1 is 1.05 bits per heavy atom. The van der Waals surface area contributed by atoms with Gasteiger partial charge < -0.3 is 5.32 Å². The van der Waals surface area contributed by atoms with Crippen molar-refractivity contribution >= 4 is 22.3 Å². The third-order valence-electron chi connectivity index (χ3n) is 3.02. The summed E-state index contributed by atoms with van der Waals surface area (Å²) in [6.45, 7) is 0. The smallest absolute Gasteiger partial charge is 0.124 e. The monoisotopic (exact) mass is 263 g/mol. The van der Waals surface area contributed by atoms with E-state index in [1.807, 2.05) is 36.4 Å². The first-order valence-electron chi connectivity index (χ1n) is 6.08. The van der Waals surface area contributed by atoms with E-state index in [1.165, 1.54) is 12.1 Å². The van der Waals surface area contributed by atoms with Gasteiger partial charge in [-0.05, 0) is 42.5 Å². The minimum atomic E-state index is -0.424. The van der Waals surface area contributed by atoms with Crippen LogP contribution in [0.15, 0.2) is 54.7 Å². The molecule has 20 heavy (non-hydrogen) atoms. The average Bonchev–Trinajstić information content (AvgIpc) is 2.49. The van der Waals surface area contributed by atoms with E-state index in [0.29, 0.717) is 5.69 Å². The molecule has 0 aliphatic heterocycles. The van der Waals surface area contributed by atoms with Gasteiger partial charge in [0.1, 0.15) is 11.9 Å². The van der Waals surface area contributed by atoms with Crippen molar-refractivity contribution in [3.05, 3.63) is 66.1 Å². The zero-order chi connectivity index (χ0) is 13.9. The average molecular weight is 263 g/mol. The van der Waals surface area contributed by atoms with E-state index in [-0.39, 0.29) is 5.56 Å². The van der Waals surface area contributed by atoms with Crippen LogP contribution in [0.25, 0.3) is 10.9 Å². The molecule has 96 valence electrons. The normalized spacial score (nSPS) is 10.2. The Morgan fingerprint density at radius 2 is 1.95 bits per heavy atom. The van der Waals surface area contributed by atoms with Crippen molar-refractivity contribution in [1.29, 1.82) is 5.26 Å². The van der Waals surface area contributed by atoms with Crippen LogP contribution in [0, 0.1) is 17.1 Å². The fourth-order valence-corrected chi connectivity index (χ4v) is 2.08. The van der Waals surface area contributed by atoms with E-state index in [2.05, 4.69) is 10.3 Å². The third-order valence-corrected chi connectivity index (χ3v) is 3.02. The van der Waals surface area contributed by atoms with Gasteiger partial charge in [-0.25, -0.2) is 4.39 Å². The highest BCUT2D eigenvalue weighted by Crippen LogP contribution is 2.27. The molecule has 3 nitrogen and oxygen atoms in total. The van der Waals surface area contributed by atoms with Crippen LogP contribution in [0.5, 0.6) is 0 Å². The highest BCUT2D eigenvalue weighted by molar-refractivity contribution is 5.93. The maximum Gasteiger partial charge on any atom is 0.124 e. The fraction of sp³-hybridized carbons (Fsp3) is 0. The Bertz CT molecular complexity index is 816. The summed E-state index contributed by atoms with van der Waals surface area (Å²) < 4.78 is 13.1. The number of rotatable bonds is 2. The summed E-state index contributed by atoms with van der Waals surface area (Å²) in [6.07, 6.45) is 1.73. The molecular formula is C16H10FN3. The van der Waals surface area contributed by atoms with Gasteiger partial charge in [0.05, 0.1) is 16.8 Å². The second kappa shape index (κ2) is 4.98. The minimum Gasteiger partial charge on any atom is -0.354 e. The lowest BCUT2D eigenvalue weighted by Crippen LogP contribution is -1.95. The van der Waals surface area contributed by atoms with Gasteiger partial charge in [-0.1, -0.05) is 6.07 Å². The zero-order valence-corrected chi connectivity index (χ0v) is 10.5. The maximum absolute atomic E-state index is 13.1. The molecule has 0 fully saturated rings. The maximum atomic E-state index is 13.1. The van der Waals surface area contributed by atoms with E-state index >= 15 is 0 Å². The predicted octanol–water partition coefficient (Wildman–Crippen LogP) is 3.99. The van der Waals surface area contributed by atoms with Crippen molar-refractivity contribution in [2.24, 2.45) is 0 Å². The number of halogens is 1. The number of anilines is 2. The molecule has 0 saturated carbocycles. The molecule has 4 heteroatoms. The van der Waals surface area contributed by atoms with Gasteiger partial charge >= 0.3 is 0 Å². The van der Waals surface area contributed by atoms with E-state index in [1.54, 1.807) is 12.3 Å². The van der Waals surface area contributed by atoms with Crippen LogP contribution in [0.2, 0.25) is 0 Å². The van der Waals surface area contributed by atoms with Gasteiger partial charge in [0.15, 0.2) is 0 Å². The second-order valence-corrected chi connectivity index (χ2v) is 4.30. The Morgan fingerprint density at radius 3 is 2.80 bits per heavy atom. The van der Waals surface area contributed by atoms with Crippen LogP contribution in [0.4, 0.5) is 15.8 Å². The van der Waals surface area contributed by atoms with E-state index in [4.69, 9.17) is 5.26 Å². The molecule has 1 heterocycles. The summed E-state index contributed by atoms with van der Waals surface area (Å²) in [6, 6.07) is 15.6. The molecule has 1 N–H and O–H groups in total. The first kappa shape index (κ1) is 12.1. The van der Waals surface area contributed by atoms with Gasteiger partial charge in [0.25, 0.3) is 0 Å². The number of aromatic nitrogens is 1. The van der Waals surface area contributed by atoms with E-state index in [9.17, 15) is 4.39 Å². The molecule has 0 spiro atoms. The summed E-state index contributed by atoms with van der Waals surface area (Å²) >= 11 is 0. The van der Waals surface area contributed by atoms with Crippen LogP contribution in [0.3, 0.4) is 0 Å². The third kappa shape index (κ3) is 2.17. The Labute approximate surface area is 115 Å². The summed E-state index contributed by atoms with van der Waals surface area (Å²) in [7, 11) is 0. The number of nitrogens with zero attached hydrogens (tertiary/aromatic N) is 2. The fourth-order valence-electron chi connectivity index (χ4n) is 2.08. The molecule has 0 radical (unpaired) electrons. The number of nitrogens with one attached hydrogen (secondary N) is 1. The van der Waals surface area contributed by atoms with E-state index < -0.39 is 5.82 Å². The minimum absolute atomic E-state index is 0.269. The summed E-state index contributed by atoms with van der Waals surface area (Å²) in [4.78, 5) is 4.28. The van der Waals surface area contributed by atoms with Crippen molar-refractivity contribution in [3.63, 3.8) is 0 Å². The molecule has 0 unspecified atom stereocenters. The van der Waals surface area contributed by atoms with Crippen molar-refractivity contribution < 1.29 is 4.39 Å². The molecular weight excluding hydrogens is 253 g/mol. The second-order valence-electron chi connectivity index (χ2n) is 4.30. The summed E-state index contributed by atoms with van der Waals surface area (Å²) in [5.41, 5.74) is 2.54. The number of benzene rings is 2. The predicted molar refractivity (Wildman–Crippen MR) is 76.1 cm³/mol. The molecule has 3 rings (SSSR count). The molecule has 0 saturated heterocycles. The number of hydrogen-bond donors (Lipinski definition) is 1. The number of hydrogen-bond acceptors (Lipinski definition) is 3. The number of fused-ring (bicyclic) bond motifs is 1. The van der Waals surface area contributed by atoms with Crippen molar-refractivity contribution in [3.8, 4) is 6.07 Å². The largest absolute Gasteiger partial charge is 0.354 e. The molecule has 0 atom stereocenters. The SMILES string of the molecule is N#Cc1cc(F)ccc1Nc1cccc2ncccc12. The van der Waals surface area contributed by atoms with Crippen LogP contribution in [-0.2, 0) is 0 Å². The number of nitriles is 1. The lowest BCUT2D eigenvalue weighted by Gasteiger charge is -2.10. The van der Waals surface area contributed by atoms with Crippen molar-refractivity contribution in [1.82, 2.24) is 4.98 Å². The lowest BCUT2D eigenvalue weighted by atomic mass is 10.1. The van der Waals surface area contributed by atoms with Gasteiger partial charge in [-0.15, -0.1) is 0 Å². The Kier molecular flexibility index (Phi) is 3.02.